The smallest absolute Gasteiger partial charge is 0.341 e. The monoisotopic (exact) mass is 834 g/mol. The first-order valence-electron chi connectivity index (χ1n) is 18.9. The Kier molecular flexibility index (Phi) is 14.4. The van der Waals surface area contributed by atoms with Crippen LogP contribution in [0.3, 0.4) is 0 Å². The molecule has 1 aliphatic heterocycles. The van der Waals surface area contributed by atoms with Gasteiger partial charge in [-0.3, -0.25) is 19.3 Å². The van der Waals surface area contributed by atoms with Crippen LogP contribution in [0.25, 0.3) is 6.08 Å². The van der Waals surface area contributed by atoms with Gasteiger partial charge in [0.2, 0.25) is 11.7 Å². The molecule has 3 N–H and O–H groups in total. The van der Waals surface area contributed by atoms with E-state index in [1.54, 1.807) is 60.7 Å². The number of esters is 1. The lowest BCUT2D eigenvalue weighted by atomic mass is 10.0. The molecule has 2 heterocycles. The van der Waals surface area contributed by atoms with Crippen LogP contribution >= 0.6 is 23.1 Å². The summed E-state index contributed by atoms with van der Waals surface area (Å²) in [5, 5.41) is 8.66. The molecule has 12 nitrogen and oxygen atoms in total. The van der Waals surface area contributed by atoms with E-state index in [2.05, 4.69) is 33.0 Å². The van der Waals surface area contributed by atoms with Gasteiger partial charge in [0.25, 0.3) is 11.8 Å². The van der Waals surface area contributed by atoms with Crippen LogP contribution in [-0.2, 0) is 33.8 Å². The lowest BCUT2D eigenvalue weighted by Crippen LogP contribution is -2.30. The topological polar surface area (TPSA) is 145 Å². The van der Waals surface area contributed by atoms with Gasteiger partial charge in [0.1, 0.15) is 10.7 Å². The summed E-state index contributed by atoms with van der Waals surface area (Å²) in [6.45, 7) is 4.14. The SMILES string of the molecule is CCC(Sc1cccc(NC(=O)/C(=C\c2cc(OC)c(OC)c(OC)c2)NC(=O)c2ccccc2)c1)C(=O)Nc1sc2c(c1C(=O)OC)CCN(Cc1ccccc1)C2. The van der Waals surface area contributed by atoms with Gasteiger partial charge in [-0.15, -0.1) is 23.1 Å². The molecule has 0 aliphatic carbocycles. The highest BCUT2D eigenvalue weighted by Crippen LogP contribution is 2.40. The highest BCUT2D eigenvalue weighted by Gasteiger charge is 2.31. The second-order valence-electron chi connectivity index (χ2n) is 13.5. The van der Waals surface area contributed by atoms with Gasteiger partial charge in [0.05, 0.1) is 39.3 Å². The number of thioether (sulfide) groups is 1. The Morgan fingerprint density at radius 2 is 1.54 bits per heavy atom. The number of hydrogen-bond donors (Lipinski definition) is 3. The first kappa shape index (κ1) is 42.5. The minimum Gasteiger partial charge on any atom is -0.493 e. The van der Waals surface area contributed by atoms with E-state index in [1.807, 2.05) is 31.2 Å². The predicted octanol–water partition coefficient (Wildman–Crippen LogP) is 8.04. The van der Waals surface area contributed by atoms with Gasteiger partial charge >= 0.3 is 5.97 Å². The summed E-state index contributed by atoms with van der Waals surface area (Å²) in [6.07, 6.45) is 2.67. The highest BCUT2D eigenvalue weighted by atomic mass is 32.2. The summed E-state index contributed by atoms with van der Waals surface area (Å²) in [6, 6.07) is 29.2. The highest BCUT2D eigenvalue weighted by molar-refractivity contribution is 8.00. The molecule has 0 saturated heterocycles. The average Bonchev–Trinajstić information content (AvgIpc) is 3.62. The number of rotatable bonds is 16. The predicted molar refractivity (Wildman–Crippen MR) is 232 cm³/mol. The Balaban J connectivity index is 1.19. The molecular weight excluding hydrogens is 789 g/mol. The van der Waals surface area contributed by atoms with Crippen molar-refractivity contribution in [2.45, 2.75) is 43.0 Å². The number of nitrogens with zero attached hydrogens (tertiary/aromatic N) is 1. The van der Waals surface area contributed by atoms with Crippen LogP contribution in [0.4, 0.5) is 10.7 Å². The molecule has 1 unspecified atom stereocenters. The van der Waals surface area contributed by atoms with Crippen LogP contribution in [0, 0.1) is 0 Å². The van der Waals surface area contributed by atoms with Crippen molar-refractivity contribution in [3.8, 4) is 17.2 Å². The number of anilines is 2. The van der Waals surface area contributed by atoms with Gasteiger partial charge < -0.3 is 34.9 Å². The van der Waals surface area contributed by atoms with Crippen LogP contribution < -0.4 is 30.2 Å². The van der Waals surface area contributed by atoms with Gasteiger partial charge in [-0.2, -0.15) is 0 Å². The van der Waals surface area contributed by atoms with Crippen molar-refractivity contribution in [1.82, 2.24) is 10.2 Å². The molecule has 0 saturated carbocycles. The normalized spacial score (nSPS) is 13.1. The van der Waals surface area contributed by atoms with E-state index in [9.17, 15) is 19.2 Å². The fourth-order valence-corrected chi connectivity index (χ4v) is 8.95. The Hall–Kier alpha value is -6.09. The van der Waals surface area contributed by atoms with Gasteiger partial charge in [0.15, 0.2) is 11.5 Å². The number of nitrogens with one attached hydrogen (secondary N) is 3. The Bertz CT molecular complexity index is 2310. The third-order valence-electron chi connectivity index (χ3n) is 9.57. The molecular formula is C45H46N4O8S2. The summed E-state index contributed by atoms with van der Waals surface area (Å²) in [5.74, 6) is -0.673. The maximum atomic E-state index is 13.9. The molecule has 0 radical (unpaired) electrons. The van der Waals surface area contributed by atoms with E-state index in [0.717, 1.165) is 28.4 Å². The van der Waals surface area contributed by atoms with Gasteiger partial charge in [-0.05, 0) is 78.1 Å². The zero-order chi connectivity index (χ0) is 41.9. The largest absolute Gasteiger partial charge is 0.493 e. The van der Waals surface area contributed by atoms with Crippen LogP contribution in [0.15, 0.2) is 108 Å². The molecule has 0 bridgehead atoms. The molecule has 306 valence electrons. The molecule has 3 amide bonds. The molecule has 0 spiro atoms. The lowest BCUT2D eigenvalue weighted by molar-refractivity contribution is -0.116. The van der Waals surface area contributed by atoms with E-state index in [-0.39, 0.29) is 11.6 Å². The van der Waals surface area contributed by atoms with Gasteiger partial charge in [-0.25, -0.2) is 4.79 Å². The molecule has 4 aromatic carbocycles. The second kappa shape index (κ2) is 20.1. The third kappa shape index (κ3) is 10.5. The van der Waals surface area contributed by atoms with Crippen molar-refractivity contribution >= 4 is 63.6 Å². The quantitative estimate of drug-likeness (QED) is 0.0508. The maximum Gasteiger partial charge on any atom is 0.341 e. The zero-order valence-corrected chi connectivity index (χ0v) is 35.1. The van der Waals surface area contributed by atoms with E-state index in [0.29, 0.717) is 64.0 Å². The minimum absolute atomic E-state index is 0.0414. The fourth-order valence-electron chi connectivity index (χ4n) is 6.66. The van der Waals surface area contributed by atoms with Crippen molar-refractivity contribution < 1.29 is 38.1 Å². The first-order valence-corrected chi connectivity index (χ1v) is 20.6. The molecule has 59 heavy (non-hydrogen) atoms. The van der Waals surface area contributed by atoms with Crippen LogP contribution in [-0.4, -0.2) is 68.8 Å². The molecule has 14 heteroatoms. The molecule has 0 fully saturated rings. The number of methoxy groups -OCH3 is 4. The van der Waals surface area contributed by atoms with Crippen molar-refractivity contribution in [2.24, 2.45) is 0 Å². The zero-order valence-electron chi connectivity index (χ0n) is 33.5. The average molecular weight is 835 g/mol. The Morgan fingerprint density at radius 3 is 2.19 bits per heavy atom. The first-order chi connectivity index (χ1) is 28.6. The number of fused-ring (bicyclic) bond motifs is 1. The number of thiophene rings is 1. The molecule has 5 aromatic rings. The van der Waals surface area contributed by atoms with E-state index < -0.39 is 23.0 Å². The summed E-state index contributed by atoms with van der Waals surface area (Å²) < 4.78 is 21.6. The molecule has 1 aliphatic rings. The summed E-state index contributed by atoms with van der Waals surface area (Å²) in [5.41, 5.74) is 3.82. The van der Waals surface area contributed by atoms with Crippen molar-refractivity contribution in [2.75, 3.05) is 45.6 Å². The molecule has 6 rings (SSSR count). The number of carbonyl (C=O) groups is 4. The number of amides is 3. The van der Waals surface area contributed by atoms with Gasteiger partial charge in [-0.1, -0.05) is 61.5 Å². The molecule has 1 aromatic heterocycles. The number of ether oxygens (including phenoxy) is 4. The molecule has 1 atom stereocenters. The van der Waals surface area contributed by atoms with Crippen molar-refractivity contribution in [3.63, 3.8) is 0 Å². The van der Waals surface area contributed by atoms with E-state index in [1.165, 1.54) is 63.2 Å². The fraction of sp³-hybridized carbons (Fsp3) is 0.244. The van der Waals surface area contributed by atoms with Crippen LogP contribution in [0.1, 0.15) is 55.6 Å². The summed E-state index contributed by atoms with van der Waals surface area (Å²) in [4.78, 5) is 58.3. The third-order valence-corrected chi connectivity index (χ3v) is 12.1. The van der Waals surface area contributed by atoms with Crippen LogP contribution in [0.5, 0.6) is 17.2 Å². The number of hydrogen-bond acceptors (Lipinski definition) is 11. The van der Waals surface area contributed by atoms with E-state index >= 15 is 0 Å². The Labute approximate surface area is 351 Å². The maximum absolute atomic E-state index is 13.9. The van der Waals surface area contributed by atoms with Gasteiger partial charge in [0, 0.05) is 40.7 Å². The summed E-state index contributed by atoms with van der Waals surface area (Å²) >= 11 is 2.75. The number of benzene rings is 4. The minimum atomic E-state index is -0.589. The van der Waals surface area contributed by atoms with E-state index in [4.69, 9.17) is 18.9 Å². The van der Waals surface area contributed by atoms with Crippen molar-refractivity contribution in [1.29, 1.82) is 0 Å². The summed E-state index contributed by atoms with van der Waals surface area (Å²) in [7, 11) is 5.82. The van der Waals surface area contributed by atoms with Crippen molar-refractivity contribution in [3.05, 3.63) is 135 Å². The Morgan fingerprint density at radius 1 is 0.847 bits per heavy atom. The van der Waals surface area contributed by atoms with Crippen LogP contribution in [0.2, 0.25) is 0 Å². The number of carbonyl (C=O) groups excluding carboxylic acids is 4. The lowest BCUT2D eigenvalue weighted by Gasteiger charge is -2.27. The second-order valence-corrected chi connectivity index (χ2v) is 15.8. The standard InChI is InChI=1S/C45H46N4O8S2/c1-6-37(43(52)48-44-39(45(53)57-5)33-20-21-49(27-38(33)59-44)26-28-14-9-7-10-15-28)58-32-19-13-18-31(25-32)46-42(51)34(47-41(50)30-16-11-8-12-17-30)22-29-23-35(54-2)40(56-4)36(24-29)55-3/h7-19,22-25,37H,6,20-21,26-27H2,1-5H3,(H,46,51)(H,47,50)(H,48,52)/b34-22+.